The van der Waals surface area contributed by atoms with Crippen molar-refractivity contribution in [3.63, 3.8) is 0 Å². The van der Waals surface area contributed by atoms with Gasteiger partial charge in [0.1, 0.15) is 5.82 Å². The SMILES string of the molecule is CC(C)N(Cc1ccc(C(F)(F)F)cn1)c1ccc(C#N)cc1F. The molecule has 2 rings (SSSR count). The maximum absolute atomic E-state index is 14.2. The first kappa shape index (κ1) is 17.7. The van der Waals surface area contributed by atoms with Crippen LogP contribution in [0.4, 0.5) is 23.2 Å². The molecular weight excluding hydrogens is 322 g/mol. The van der Waals surface area contributed by atoms with Crippen molar-refractivity contribution in [2.45, 2.75) is 32.6 Å². The lowest BCUT2D eigenvalue weighted by Crippen LogP contribution is -2.31. The van der Waals surface area contributed by atoms with E-state index in [1.165, 1.54) is 18.2 Å². The Morgan fingerprint density at radius 2 is 1.92 bits per heavy atom. The molecule has 2 aromatic rings. The van der Waals surface area contributed by atoms with Crippen molar-refractivity contribution in [1.29, 1.82) is 5.26 Å². The van der Waals surface area contributed by atoms with E-state index in [0.29, 0.717) is 5.69 Å². The van der Waals surface area contributed by atoms with Gasteiger partial charge >= 0.3 is 6.18 Å². The predicted molar refractivity (Wildman–Crippen MR) is 81.7 cm³/mol. The van der Waals surface area contributed by atoms with Crippen molar-refractivity contribution < 1.29 is 17.6 Å². The Kier molecular flexibility index (Phi) is 5.07. The highest BCUT2D eigenvalue weighted by Gasteiger charge is 2.30. The van der Waals surface area contributed by atoms with Crippen LogP contribution in [0.15, 0.2) is 36.5 Å². The lowest BCUT2D eigenvalue weighted by Gasteiger charge is -2.29. The zero-order valence-electron chi connectivity index (χ0n) is 13.1. The van der Waals surface area contributed by atoms with Gasteiger partial charge in [0.15, 0.2) is 0 Å². The molecule has 0 bridgehead atoms. The van der Waals surface area contributed by atoms with E-state index in [2.05, 4.69) is 4.98 Å². The summed E-state index contributed by atoms with van der Waals surface area (Å²) < 4.78 is 51.9. The summed E-state index contributed by atoms with van der Waals surface area (Å²) in [5.74, 6) is -0.560. The molecule has 1 aromatic carbocycles. The van der Waals surface area contributed by atoms with Crippen LogP contribution >= 0.6 is 0 Å². The van der Waals surface area contributed by atoms with Crippen LogP contribution < -0.4 is 4.90 Å². The standard InChI is InChI=1S/C17H15F4N3/c1-11(2)24(16-6-3-12(8-22)7-15(16)18)10-14-5-4-13(9-23-14)17(19,20)21/h3-7,9,11H,10H2,1-2H3. The molecule has 24 heavy (non-hydrogen) atoms. The summed E-state index contributed by atoms with van der Waals surface area (Å²) >= 11 is 0. The minimum Gasteiger partial charge on any atom is -0.361 e. The molecule has 0 spiro atoms. The van der Waals surface area contributed by atoms with Crippen molar-refractivity contribution in [3.8, 4) is 6.07 Å². The number of nitriles is 1. The third-order valence-electron chi connectivity index (χ3n) is 3.49. The molecule has 0 radical (unpaired) electrons. The van der Waals surface area contributed by atoms with Crippen molar-refractivity contribution in [3.05, 3.63) is 59.2 Å². The fourth-order valence-corrected chi connectivity index (χ4v) is 2.22. The van der Waals surface area contributed by atoms with Gasteiger partial charge in [0.25, 0.3) is 0 Å². The van der Waals surface area contributed by atoms with E-state index < -0.39 is 17.6 Å². The second-order valence-corrected chi connectivity index (χ2v) is 5.54. The molecule has 126 valence electrons. The summed E-state index contributed by atoms with van der Waals surface area (Å²) in [6, 6.07) is 8.08. The van der Waals surface area contributed by atoms with Crippen LogP contribution in [0, 0.1) is 17.1 Å². The van der Waals surface area contributed by atoms with E-state index in [4.69, 9.17) is 5.26 Å². The predicted octanol–water partition coefficient (Wildman–Crippen LogP) is 4.53. The molecule has 0 aliphatic heterocycles. The Morgan fingerprint density at radius 3 is 2.38 bits per heavy atom. The topological polar surface area (TPSA) is 39.9 Å². The molecule has 1 heterocycles. The number of anilines is 1. The third-order valence-corrected chi connectivity index (χ3v) is 3.49. The summed E-state index contributed by atoms with van der Waals surface area (Å²) in [5, 5.41) is 8.80. The van der Waals surface area contributed by atoms with Gasteiger partial charge in [-0.15, -0.1) is 0 Å². The fraction of sp³-hybridized carbons (Fsp3) is 0.294. The number of hydrogen-bond donors (Lipinski definition) is 0. The minimum absolute atomic E-state index is 0.114. The highest BCUT2D eigenvalue weighted by Crippen LogP contribution is 2.29. The van der Waals surface area contributed by atoms with Crippen molar-refractivity contribution in [2.75, 3.05) is 4.90 Å². The number of halogens is 4. The number of pyridine rings is 1. The van der Waals surface area contributed by atoms with Crippen LogP contribution in [0.2, 0.25) is 0 Å². The largest absolute Gasteiger partial charge is 0.417 e. The maximum Gasteiger partial charge on any atom is 0.417 e. The van der Waals surface area contributed by atoms with E-state index in [9.17, 15) is 17.6 Å². The van der Waals surface area contributed by atoms with Crippen molar-refractivity contribution in [2.24, 2.45) is 0 Å². The quantitative estimate of drug-likeness (QED) is 0.770. The second kappa shape index (κ2) is 6.87. The molecule has 0 aliphatic rings. The summed E-state index contributed by atoms with van der Waals surface area (Å²) in [4.78, 5) is 5.49. The van der Waals surface area contributed by atoms with E-state index in [1.807, 2.05) is 19.9 Å². The van der Waals surface area contributed by atoms with Gasteiger partial charge in [-0.05, 0) is 44.2 Å². The molecule has 0 fully saturated rings. The van der Waals surface area contributed by atoms with Gasteiger partial charge in [0.2, 0.25) is 0 Å². The Hall–Kier alpha value is -2.62. The third kappa shape index (κ3) is 4.02. The smallest absolute Gasteiger partial charge is 0.361 e. The van der Waals surface area contributed by atoms with Gasteiger partial charge in [-0.2, -0.15) is 18.4 Å². The molecule has 0 unspecified atom stereocenters. The first-order valence-corrected chi connectivity index (χ1v) is 7.21. The van der Waals surface area contributed by atoms with Crippen LogP contribution in [-0.2, 0) is 12.7 Å². The number of alkyl halides is 3. The van der Waals surface area contributed by atoms with Crippen molar-refractivity contribution >= 4 is 5.69 Å². The van der Waals surface area contributed by atoms with Crippen molar-refractivity contribution in [1.82, 2.24) is 4.98 Å². The van der Waals surface area contributed by atoms with Gasteiger partial charge in [-0.1, -0.05) is 0 Å². The monoisotopic (exact) mass is 337 g/mol. The first-order chi connectivity index (χ1) is 11.2. The minimum atomic E-state index is -4.44. The number of benzene rings is 1. The molecule has 0 amide bonds. The molecule has 0 saturated carbocycles. The Labute approximate surface area is 137 Å². The van der Waals surface area contributed by atoms with E-state index in [0.717, 1.165) is 18.3 Å². The zero-order chi connectivity index (χ0) is 17.9. The summed E-state index contributed by atoms with van der Waals surface area (Å²) in [5.41, 5.74) is 0.0330. The average molecular weight is 337 g/mol. The van der Waals surface area contributed by atoms with Crippen LogP contribution in [0.3, 0.4) is 0 Å². The van der Waals surface area contributed by atoms with Crippen LogP contribution in [0.1, 0.15) is 30.7 Å². The van der Waals surface area contributed by atoms with Gasteiger partial charge in [-0.3, -0.25) is 4.98 Å². The average Bonchev–Trinajstić information content (AvgIpc) is 2.52. The summed E-state index contributed by atoms with van der Waals surface area (Å²) in [6.45, 7) is 3.82. The Balaban J connectivity index is 2.28. The Bertz CT molecular complexity index is 746. The molecule has 0 atom stereocenters. The highest BCUT2D eigenvalue weighted by molar-refractivity contribution is 5.52. The van der Waals surface area contributed by atoms with Crippen LogP contribution in [0.25, 0.3) is 0 Å². The molecule has 0 aliphatic carbocycles. The van der Waals surface area contributed by atoms with Gasteiger partial charge in [-0.25, -0.2) is 4.39 Å². The fourth-order valence-electron chi connectivity index (χ4n) is 2.22. The van der Waals surface area contributed by atoms with Gasteiger partial charge in [0.05, 0.1) is 35.1 Å². The number of rotatable bonds is 4. The first-order valence-electron chi connectivity index (χ1n) is 7.21. The lowest BCUT2D eigenvalue weighted by molar-refractivity contribution is -0.137. The zero-order valence-corrected chi connectivity index (χ0v) is 13.1. The normalized spacial score (nSPS) is 11.4. The summed E-state index contributed by atoms with van der Waals surface area (Å²) in [6.07, 6.45) is -3.68. The molecule has 3 nitrogen and oxygen atoms in total. The van der Waals surface area contributed by atoms with Crippen LogP contribution in [-0.4, -0.2) is 11.0 Å². The summed E-state index contributed by atoms with van der Waals surface area (Å²) in [7, 11) is 0. The molecular formula is C17H15F4N3. The number of hydrogen-bond acceptors (Lipinski definition) is 3. The van der Waals surface area contributed by atoms with E-state index in [-0.39, 0.29) is 23.8 Å². The van der Waals surface area contributed by atoms with E-state index in [1.54, 1.807) is 4.90 Å². The second-order valence-electron chi connectivity index (χ2n) is 5.54. The molecule has 0 N–H and O–H groups in total. The van der Waals surface area contributed by atoms with Crippen LogP contribution in [0.5, 0.6) is 0 Å². The Morgan fingerprint density at radius 1 is 1.21 bits per heavy atom. The van der Waals surface area contributed by atoms with Gasteiger partial charge in [0, 0.05) is 12.2 Å². The highest BCUT2D eigenvalue weighted by atomic mass is 19.4. The molecule has 1 aromatic heterocycles. The molecule has 7 heteroatoms. The number of nitrogens with zero attached hydrogens (tertiary/aromatic N) is 3. The maximum atomic E-state index is 14.2. The van der Waals surface area contributed by atoms with Gasteiger partial charge < -0.3 is 4.90 Å². The lowest BCUT2D eigenvalue weighted by atomic mass is 10.1. The molecule has 0 saturated heterocycles. The van der Waals surface area contributed by atoms with E-state index >= 15 is 0 Å². The number of aromatic nitrogens is 1.